The van der Waals surface area contributed by atoms with Crippen molar-refractivity contribution in [1.29, 1.82) is 0 Å². The summed E-state index contributed by atoms with van der Waals surface area (Å²) in [5, 5.41) is 21.2. The highest BCUT2D eigenvalue weighted by Crippen LogP contribution is 2.47. The summed E-state index contributed by atoms with van der Waals surface area (Å²) in [5.74, 6) is -1.87. The smallest absolute Gasteiger partial charge is 0.246 e. The van der Waals surface area contributed by atoms with Gasteiger partial charge in [-0.2, -0.15) is 10.2 Å². The number of nitrogens with zero attached hydrogens (tertiary/aromatic N) is 6. The van der Waals surface area contributed by atoms with Crippen LogP contribution < -0.4 is 4.74 Å². The minimum atomic E-state index is -0.732. The number of benzene rings is 1. The lowest BCUT2D eigenvalue weighted by Gasteiger charge is -2.33. The molecule has 262 valence electrons. The number of rotatable bonds is 9. The Bertz CT molecular complexity index is 2220. The third kappa shape index (κ3) is 6.74. The number of hydrogen-bond acceptors (Lipinski definition) is 8. The van der Waals surface area contributed by atoms with Gasteiger partial charge in [0.1, 0.15) is 24.0 Å². The van der Waals surface area contributed by atoms with Crippen LogP contribution in [0.1, 0.15) is 53.3 Å². The first-order chi connectivity index (χ1) is 24.7. The van der Waals surface area contributed by atoms with Crippen molar-refractivity contribution in [2.45, 2.75) is 38.4 Å². The number of ether oxygens (including phenoxy) is 2. The maximum atomic E-state index is 15.9. The Labute approximate surface area is 297 Å². The van der Waals surface area contributed by atoms with E-state index in [4.69, 9.17) is 24.7 Å². The Balaban J connectivity index is 1.35. The number of carbonyl (C=O) groups is 1. The fourth-order valence-corrected chi connectivity index (χ4v) is 7.61. The minimum Gasteiger partial charge on any atom is -0.497 e. The number of aromatic nitrogens is 5. The third-order valence-corrected chi connectivity index (χ3v) is 9.95. The molecule has 1 amide bonds. The van der Waals surface area contributed by atoms with Crippen LogP contribution in [0.4, 0.5) is 8.78 Å². The number of carbonyl (C=O) groups excluding carboxylic acids is 1. The standard InChI is InChI=1S/C38H36F2N6O4S/c1-4-34(48)45-22-26-19-32(43-46(26)20-23(45)2)27-9-15-50-33-18-25(39)17-29(40)35(33)36-37(27)41-31(28-11-16-51-38(28)36)8-7-24-21-44(3)42-30(24)10-14-49-13-6-5-12-47/h4-8,10-11,14,16-19,21,23,27,47H,1,9,12-13,15,20,22H2,2-3H3/b6-5+,8-7+,14-10+/t23-,27?/m1/s1. The van der Waals surface area contributed by atoms with Gasteiger partial charge in [-0.15, -0.1) is 11.3 Å². The molecular weight excluding hydrogens is 675 g/mol. The number of thiophene rings is 1. The van der Waals surface area contributed by atoms with E-state index < -0.39 is 17.6 Å². The average Bonchev–Trinajstić information content (AvgIpc) is 3.84. The van der Waals surface area contributed by atoms with E-state index in [0.717, 1.165) is 33.1 Å². The largest absolute Gasteiger partial charge is 0.497 e. The highest BCUT2D eigenvalue weighted by Gasteiger charge is 2.34. The van der Waals surface area contributed by atoms with Gasteiger partial charge in [0.2, 0.25) is 5.91 Å². The van der Waals surface area contributed by atoms with Crippen LogP contribution in [0.25, 0.3) is 39.4 Å². The Hall–Kier alpha value is -5.40. The first-order valence-electron chi connectivity index (χ1n) is 16.5. The summed E-state index contributed by atoms with van der Waals surface area (Å²) in [4.78, 5) is 19.6. The number of hydrogen-bond donors (Lipinski definition) is 1. The molecule has 0 fully saturated rings. The number of pyridine rings is 1. The van der Waals surface area contributed by atoms with E-state index in [1.807, 2.05) is 54.5 Å². The van der Waals surface area contributed by atoms with Gasteiger partial charge in [0.25, 0.3) is 0 Å². The molecule has 1 N–H and O–H groups in total. The van der Waals surface area contributed by atoms with Gasteiger partial charge in [-0.25, -0.2) is 8.78 Å². The molecule has 4 aromatic heterocycles. The predicted octanol–water partition coefficient (Wildman–Crippen LogP) is 6.71. The van der Waals surface area contributed by atoms with Crippen molar-refractivity contribution in [3.63, 3.8) is 0 Å². The van der Waals surface area contributed by atoms with E-state index in [2.05, 4.69) is 11.7 Å². The molecule has 7 rings (SSSR count). The van der Waals surface area contributed by atoms with Crippen molar-refractivity contribution in [3.8, 4) is 16.9 Å². The molecule has 10 nitrogen and oxygen atoms in total. The van der Waals surface area contributed by atoms with Crippen molar-refractivity contribution in [3.05, 3.63) is 113 Å². The van der Waals surface area contributed by atoms with E-state index in [9.17, 15) is 9.18 Å². The van der Waals surface area contributed by atoms with Gasteiger partial charge in [-0.05, 0) is 55.2 Å². The molecular formula is C38H36F2N6O4S. The fraction of sp³-hybridized carbons (Fsp3) is 0.263. The number of amides is 1. The first kappa shape index (κ1) is 34.1. The Morgan fingerprint density at radius 2 is 2.02 bits per heavy atom. The molecule has 0 aliphatic carbocycles. The molecule has 13 heteroatoms. The molecule has 0 saturated carbocycles. The van der Waals surface area contributed by atoms with Crippen LogP contribution in [-0.4, -0.2) is 66.3 Å². The SMILES string of the molecule is C=CC(=O)N1Cc2cc(C3CCOc4cc(F)cc(F)c4-c4c3nc(/C=C/c3cn(C)nc3/C=C/OC/C=C/CO)c3ccsc43)nn2C[C@H]1C. The molecule has 2 aliphatic heterocycles. The van der Waals surface area contributed by atoms with Crippen LogP contribution in [0.5, 0.6) is 5.75 Å². The lowest BCUT2D eigenvalue weighted by Crippen LogP contribution is -2.44. The summed E-state index contributed by atoms with van der Waals surface area (Å²) >= 11 is 1.45. The summed E-state index contributed by atoms with van der Waals surface area (Å²) < 4.78 is 46.4. The monoisotopic (exact) mass is 710 g/mol. The lowest BCUT2D eigenvalue weighted by molar-refractivity contribution is -0.129. The van der Waals surface area contributed by atoms with E-state index in [-0.39, 0.29) is 36.5 Å². The molecule has 5 aromatic rings. The summed E-state index contributed by atoms with van der Waals surface area (Å²) in [6.45, 7) is 6.97. The van der Waals surface area contributed by atoms with Gasteiger partial charge in [0.05, 0.1) is 66.6 Å². The normalized spacial score (nSPS) is 17.4. The van der Waals surface area contributed by atoms with Crippen LogP contribution in [-0.2, 0) is 29.7 Å². The molecule has 0 spiro atoms. The molecule has 1 aromatic carbocycles. The average molecular weight is 711 g/mol. The number of aryl methyl sites for hydroxylation is 1. The second kappa shape index (κ2) is 14.4. The second-order valence-electron chi connectivity index (χ2n) is 12.4. The quantitative estimate of drug-likeness (QED) is 0.0785. The predicted molar refractivity (Wildman–Crippen MR) is 193 cm³/mol. The van der Waals surface area contributed by atoms with E-state index >= 15 is 4.39 Å². The van der Waals surface area contributed by atoms with Crippen molar-refractivity contribution in [2.24, 2.45) is 7.05 Å². The Kier molecular flexibility index (Phi) is 9.65. The van der Waals surface area contributed by atoms with Crippen LogP contribution >= 0.6 is 11.3 Å². The van der Waals surface area contributed by atoms with Crippen LogP contribution in [0.3, 0.4) is 0 Å². The van der Waals surface area contributed by atoms with Crippen molar-refractivity contribution < 1.29 is 28.2 Å². The number of halogens is 2. The highest BCUT2D eigenvalue weighted by atomic mass is 32.1. The molecule has 0 saturated heterocycles. The molecule has 1 unspecified atom stereocenters. The summed E-state index contributed by atoms with van der Waals surface area (Å²) in [7, 11) is 1.83. The molecule has 6 heterocycles. The second-order valence-corrected chi connectivity index (χ2v) is 13.3. The fourth-order valence-electron chi connectivity index (χ4n) is 6.65. The zero-order chi connectivity index (χ0) is 35.6. The minimum absolute atomic E-state index is 0.0501. The molecule has 2 atom stereocenters. The number of aliphatic hydroxyl groups is 1. The topological polar surface area (TPSA) is 108 Å². The third-order valence-electron chi connectivity index (χ3n) is 9.02. The van der Waals surface area contributed by atoms with E-state index in [0.29, 0.717) is 48.8 Å². The zero-order valence-electron chi connectivity index (χ0n) is 28.1. The molecule has 0 radical (unpaired) electrons. The van der Waals surface area contributed by atoms with Gasteiger partial charge < -0.3 is 19.5 Å². The van der Waals surface area contributed by atoms with E-state index in [1.54, 1.807) is 34.1 Å². The maximum absolute atomic E-state index is 15.9. The zero-order valence-corrected chi connectivity index (χ0v) is 28.9. The van der Waals surface area contributed by atoms with E-state index in [1.165, 1.54) is 23.5 Å². The molecule has 0 bridgehead atoms. The van der Waals surface area contributed by atoms with Crippen LogP contribution in [0.2, 0.25) is 0 Å². The number of aliphatic hydroxyl groups excluding tert-OH is 1. The van der Waals surface area contributed by atoms with Crippen molar-refractivity contribution in [1.82, 2.24) is 29.4 Å². The van der Waals surface area contributed by atoms with Gasteiger partial charge in [0, 0.05) is 64.6 Å². The Morgan fingerprint density at radius 1 is 1.16 bits per heavy atom. The summed E-state index contributed by atoms with van der Waals surface area (Å²) in [6, 6.07) is 5.95. The Morgan fingerprint density at radius 3 is 2.84 bits per heavy atom. The first-order valence-corrected chi connectivity index (χ1v) is 17.4. The summed E-state index contributed by atoms with van der Waals surface area (Å²) in [6.07, 6.45) is 14.2. The van der Waals surface area contributed by atoms with Gasteiger partial charge >= 0.3 is 0 Å². The van der Waals surface area contributed by atoms with Crippen LogP contribution in [0, 0.1) is 11.6 Å². The molecule has 51 heavy (non-hydrogen) atoms. The van der Waals surface area contributed by atoms with Crippen LogP contribution in [0.15, 0.2) is 66.9 Å². The van der Waals surface area contributed by atoms with Crippen molar-refractivity contribution >= 4 is 45.6 Å². The highest BCUT2D eigenvalue weighted by molar-refractivity contribution is 7.17. The molecule has 2 aliphatic rings. The van der Waals surface area contributed by atoms with Gasteiger partial charge in [0.15, 0.2) is 0 Å². The maximum Gasteiger partial charge on any atom is 0.246 e. The lowest BCUT2D eigenvalue weighted by atomic mass is 9.88. The number of fused-ring (bicyclic) bond motifs is 6. The van der Waals surface area contributed by atoms with Gasteiger partial charge in [-0.3, -0.25) is 19.1 Å². The van der Waals surface area contributed by atoms with Gasteiger partial charge in [-0.1, -0.05) is 12.7 Å². The summed E-state index contributed by atoms with van der Waals surface area (Å²) in [5.41, 5.74) is 5.11. The van der Waals surface area contributed by atoms with Crippen molar-refractivity contribution in [2.75, 3.05) is 19.8 Å².